The molecule has 0 aliphatic rings. The molecule has 0 radical (unpaired) electrons. The molecule has 2 rings (SSSR count). The van der Waals surface area contributed by atoms with Gasteiger partial charge in [0.15, 0.2) is 9.84 Å². The number of hydrazine groups is 1. The Balaban J connectivity index is 2.24. The summed E-state index contributed by atoms with van der Waals surface area (Å²) in [5, 5.41) is 0. The largest absolute Gasteiger partial charge is 0.283 e. The van der Waals surface area contributed by atoms with Crippen molar-refractivity contribution in [2.24, 2.45) is 0 Å². The number of hydrogen-bond acceptors (Lipinski definition) is 4. The lowest BCUT2D eigenvalue weighted by Crippen LogP contribution is -2.39. The predicted molar refractivity (Wildman–Crippen MR) is 110 cm³/mol. The molecule has 1 atom stereocenters. The predicted octanol–water partition coefficient (Wildman–Crippen LogP) is 2.78. The van der Waals surface area contributed by atoms with Gasteiger partial charge in [-0.15, -0.1) is 12.6 Å². The molecule has 26 heavy (non-hydrogen) atoms. The van der Waals surface area contributed by atoms with Crippen LogP contribution in [0.1, 0.15) is 23.5 Å². The Morgan fingerprint density at radius 3 is 2.27 bits per heavy atom. The van der Waals surface area contributed by atoms with Crippen molar-refractivity contribution in [1.82, 2.24) is 10.9 Å². The molecule has 8 heteroatoms. The molecular weight excluding hydrogens is 388 g/mol. The lowest BCUT2D eigenvalue weighted by Gasteiger charge is -2.18. The van der Waals surface area contributed by atoms with E-state index in [-0.39, 0.29) is 27.3 Å². The van der Waals surface area contributed by atoms with E-state index in [1.54, 1.807) is 30.3 Å². The molecular formula is C18H20N2O3S3. The fourth-order valence-electron chi connectivity index (χ4n) is 2.50. The van der Waals surface area contributed by atoms with Gasteiger partial charge in [0.25, 0.3) is 0 Å². The Morgan fingerprint density at radius 2 is 1.69 bits per heavy atom. The molecule has 0 heterocycles. The minimum atomic E-state index is -3.54. The molecule has 0 bridgehead atoms. The third kappa shape index (κ3) is 6.12. The Bertz CT molecular complexity index is 866. The molecule has 0 aromatic heterocycles. The number of carbonyl (C=O) groups excluding carboxylic acids is 1. The summed E-state index contributed by atoms with van der Waals surface area (Å²) in [7, 11) is -3.54. The zero-order valence-electron chi connectivity index (χ0n) is 14.2. The van der Waals surface area contributed by atoms with E-state index in [2.05, 4.69) is 23.5 Å². The number of benzene rings is 2. The van der Waals surface area contributed by atoms with Gasteiger partial charge in [-0.25, -0.2) is 8.42 Å². The van der Waals surface area contributed by atoms with Crippen molar-refractivity contribution in [1.29, 1.82) is 0 Å². The van der Waals surface area contributed by atoms with Crippen LogP contribution in [0, 0.1) is 6.92 Å². The summed E-state index contributed by atoms with van der Waals surface area (Å²) in [6, 6.07) is 15.7. The lowest BCUT2D eigenvalue weighted by atomic mass is 9.96. The maximum absolute atomic E-state index is 12.8. The number of nitrogens with one attached hydrogen (secondary N) is 2. The van der Waals surface area contributed by atoms with Crippen LogP contribution in [0.4, 0.5) is 0 Å². The van der Waals surface area contributed by atoms with Crippen LogP contribution in [0.15, 0.2) is 59.5 Å². The molecule has 0 saturated carbocycles. The van der Waals surface area contributed by atoms with Gasteiger partial charge >= 0.3 is 0 Å². The monoisotopic (exact) mass is 408 g/mol. The fraction of sp³-hybridized carbons (Fsp3) is 0.222. The van der Waals surface area contributed by atoms with Crippen molar-refractivity contribution in [3.63, 3.8) is 0 Å². The second-order valence-electron chi connectivity index (χ2n) is 5.88. The summed E-state index contributed by atoms with van der Waals surface area (Å²) >= 11 is 8.60. The molecule has 0 spiro atoms. The van der Waals surface area contributed by atoms with Gasteiger partial charge in [-0.1, -0.05) is 60.2 Å². The highest BCUT2D eigenvalue weighted by Crippen LogP contribution is 2.25. The molecule has 0 aliphatic heterocycles. The van der Waals surface area contributed by atoms with Crippen LogP contribution in [0.2, 0.25) is 0 Å². The SMILES string of the molecule is Cc1ccc(C(CC(=O)NNC(=S)S)CS(=O)(=O)c2ccccc2)cc1. The number of thiocarbonyl (C=S) groups is 1. The molecule has 1 unspecified atom stereocenters. The molecule has 2 N–H and O–H groups in total. The first-order valence-corrected chi connectivity index (χ1v) is 10.4. The molecule has 0 aliphatic carbocycles. The summed E-state index contributed by atoms with van der Waals surface area (Å²) < 4.78 is 25.6. The van der Waals surface area contributed by atoms with Crippen molar-refractivity contribution in [2.45, 2.75) is 24.2 Å². The van der Waals surface area contributed by atoms with E-state index in [0.29, 0.717) is 0 Å². The van der Waals surface area contributed by atoms with Crippen LogP contribution in [0.5, 0.6) is 0 Å². The average Bonchev–Trinajstić information content (AvgIpc) is 2.60. The second-order valence-corrected chi connectivity index (χ2v) is 9.08. The lowest BCUT2D eigenvalue weighted by molar-refractivity contribution is -0.121. The van der Waals surface area contributed by atoms with Gasteiger partial charge in [-0.05, 0) is 24.6 Å². The number of sulfone groups is 1. The molecule has 0 fully saturated rings. The number of hydrogen-bond donors (Lipinski definition) is 3. The van der Waals surface area contributed by atoms with Crippen LogP contribution >= 0.6 is 24.8 Å². The van der Waals surface area contributed by atoms with E-state index < -0.39 is 15.8 Å². The molecule has 2 aromatic rings. The summed E-state index contributed by atoms with van der Waals surface area (Å²) in [4.78, 5) is 12.4. The minimum absolute atomic E-state index is 0.00147. The first kappa shape index (κ1) is 20.4. The first-order valence-electron chi connectivity index (χ1n) is 7.90. The molecule has 1 amide bonds. The van der Waals surface area contributed by atoms with Crippen molar-refractivity contribution in [2.75, 3.05) is 5.75 Å². The summed E-state index contributed by atoms with van der Waals surface area (Å²) in [5.41, 5.74) is 6.72. The van der Waals surface area contributed by atoms with E-state index in [1.165, 1.54) is 0 Å². The van der Waals surface area contributed by atoms with Gasteiger partial charge in [0.05, 0.1) is 10.6 Å². The molecule has 138 valence electrons. The number of rotatable bonds is 6. The standard InChI is InChI=1S/C18H20N2O3S3/c1-13-7-9-14(10-8-13)15(11-17(21)19-20-18(24)25)12-26(22,23)16-5-3-2-4-6-16/h2-10,15H,11-12H2,1H3,(H,19,21)(H2,20,24,25). The topological polar surface area (TPSA) is 75.3 Å². The van der Waals surface area contributed by atoms with Crippen LogP contribution in [-0.2, 0) is 14.6 Å². The highest BCUT2D eigenvalue weighted by Gasteiger charge is 2.25. The van der Waals surface area contributed by atoms with E-state index in [1.807, 2.05) is 31.2 Å². The van der Waals surface area contributed by atoms with E-state index in [0.717, 1.165) is 11.1 Å². The molecule has 5 nitrogen and oxygen atoms in total. The molecule has 2 aromatic carbocycles. The van der Waals surface area contributed by atoms with Gasteiger partial charge in [0.2, 0.25) is 5.91 Å². The molecule has 0 saturated heterocycles. The Kier molecular flexibility index (Phi) is 7.19. The Morgan fingerprint density at radius 1 is 1.08 bits per heavy atom. The first-order chi connectivity index (χ1) is 12.3. The summed E-state index contributed by atoms with van der Waals surface area (Å²) in [5.74, 6) is -1.02. The maximum atomic E-state index is 12.8. The zero-order valence-corrected chi connectivity index (χ0v) is 16.7. The van der Waals surface area contributed by atoms with Gasteiger partial charge in [-0.2, -0.15) is 0 Å². The van der Waals surface area contributed by atoms with Crippen LogP contribution in [0.3, 0.4) is 0 Å². The van der Waals surface area contributed by atoms with E-state index in [4.69, 9.17) is 12.2 Å². The summed E-state index contributed by atoms with van der Waals surface area (Å²) in [6.45, 7) is 1.95. The number of amides is 1. The number of thiol groups is 1. The van der Waals surface area contributed by atoms with Gasteiger partial charge in [0, 0.05) is 12.3 Å². The van der Waals surface area contributed by atoms with Crippen molar-refractivity contribution in [3.8, 4) is 0 Å². The number of carbonyl (C=O) groups is 1. The van der Waals surface area contributed by atoms with Crippen LogP contribution in [0.25, 0.3) is 0 Å². The van der Waals surface area contributed by atoms with Crippen molar-refractivity contribution < 1.29 is 13.2 Å². The average molecular weight is 409 g/mol. The van der Waals surface area contributed by atoms with Gasteiger partial charge < -0.3 is 0 Å². The van der Waals surface area contributed by atoms with Gasteiger partial charge in [-0.3, -0.25) is 15.6 Å². The Labute approximate surface area is 164 Å². The number of aryl methyl sites for hydroxylation is 1. The van der Waals surface area contributed by atoms with Crippen molar-refractivity contribution >= 4 is 44.9 Å². The van der Waals surface area contributed by atoms with Crippen LogP contribution in [-0.4, -0.2) is 24.4 Å². The fourth-order valence-corrected chi connectivity index (χ4v) is 4.21. The quantitative estimate of drug-likeness (QED) is 0.389. The minimum Gasteiger partial charge on any atom is -0.283 e. The highest BCUT2D eigenvalue weighted by atomic mass is 32.2. The summed E-state index contributed by atoms with van der Waals surface area (Å²) in [6.07, 6.45) is -0.00147. The second kappa shape index (κ2) is 9.16. The smallest absolute Gasteiger partial charge is 0.238 e. The van der Waals surface area contributed by atoms with E-state index in [9.17, 15) is 13.2 Å². The third-order valence-corrected chi connectivity index (χ3v) is 5.86. The zero-order chi connectivity index (χ0) is 19.2. The van der Waals surface area contributed by atoms with E-state index >= 15 is 0 Å². The van der Waals surface area contributed by atoms with Crippen LogP contribution < -0.4 is 10.9 Å². The third-order valence-electron chi connectivity index (χ3n) is 3.81. The highest BCUT2D eigenvalue weighted by molar-refractivity contribution is 8.11. The van der Waals surface area contributed by atoms with Crippen molar-refractivity contribution in [3.05, 3.63) is 65.7 Å². The maximum Gasteiger partial charge on any atom is 0.238 e. The van der Waals surface area contributed by atoms with Gasteiger partial charge in [0.1, 0.15) is 4.32 Å². The normalized spacial score (nSPS) is 12.2. The Hall–Kier alpha value is -1.90.